The molecule has 0 spiro atoms. The molecule has 136 valence electrons. The summed E-state index contributed by atoms with van der Waals surface area (Å²) in [6.07, 6.45) is -2.62. The molecule has 0 saturated carbocycles. The van der Waals surface area contributed by atoms with Crippen LogP contribution in [0.1, 0.15) is 13.8 Å². The number of amides is 2. The zero-order valence-corrected chi connectivity index (χ0v) is 14.2. The summed E-state index contributed by atoms with van der Waals surface area (Å²) in [5.41, 5.74) is 5.91. The van der Waals surface area contributed by atoms with Crippen LogP contribution in [0.25, 0.3) is 0 Å². The molecule has 0 bridgehead atoms. The van der Waals surface area contributed by atoms with Gasteiger partial charge in [-0.25, -0.2) is 8.78 Å². The first-order chi connectivity index (χ1) is 10.8. The maximum Gasteiger partial charge on any atom is 0.272 e. The molecule has 1 aromatic rings. The van der Waals surface area contributed by atoms with E-state index in [9.17, 15) is 18.4 Å². The Hall–Kier alpha value is -1.93. The van der Waals surface area contributed by atoms with Gasteiger partial charge in [-0.1, -0.05) is 26.0 Å². The van der Waals surface area contributed by atoms with Crippen LogP contribution in [-0.4, -0.2) is 37.4 Å². The Morgan fingerprint density at radius 2 is 1.88 bits per heavy atom. The van der Waals surface area contributed by atoms with E-state index >= 15 is 0 Å². The van der Waals surface area contributed by atoms with Gasteiger partial charge in [0, 0.05) is 0 Å². The number of nitrogens with two attached hydrogens (primary N) is 1. The Balaban J connectivity index is 0.00000529. The van der Waals surface area contributed by atoms with Gasteiger partial charge < -0.3 is 21.1 Å². The number of benzene rings is 1. The van der Waals surface area contributed by atoms with E-state index < -0.39 is 30.9 Å². The van der Waals surface area contributed by atoms with E-state index in [0.717, 1.165) is 0 Å². The van der Waals surface area contributed by atoms with Crippen molar-refractivity contribution in [2.45, 2.75) is 26.3 Å². The van der Waals surface area contributed by atoms with E-state index in [4.69, 9.17) is 10.5 Å². The molecule has 24 heavy (non-hydrogen) atoms. The topological polar surface area (TPSA) is 93.5 Å². The molecule has 0 saturated heterocycles. The van der Waals surface area contributed by atoms with Crippen molar-refractivity contribution < 1.29 is 23.1 Å². The molecular formula is C15H22ClF2N3O3. The number of hydrogen-bond donors (Lipinski definition) is 3. The quantitative estimate of drug-likeness (QED) is 0.654. The van der Waals surface area contributed by atoms with Crippen molar-refractivity contribution in [1.82, 2.24) is 5.32 Å². The van der Waals surface area contributed by atoms with Crippen LogP contribution < -0.4 is 21.1 Å². The van der Waals surface area contributed by atoms with Crippen molar-refractivity contribution in [3.05, 3.63) is 24.3 Å². The van der Waals surface area contributed by atoms with E-state index in [2.05, 4.69) is 10.6 Å². The number of carbonyl (C=O) groups excluding carboxylic acids is 2. The zero-order valence-electron chi connectivity index (χ0n) is 13.4. The van der Waals surface area contributed by atoms with Gasteiger partial charge in [-0.05, 0) is 18.1 Å². The summed E-state index contributed by atoms with van der Waals surface area (Å²) in [6.45, 7) is 2.54. The Labute approximate surface area is 145 Å². The van der Waals surface area contributed by atoms with Crippen LogP contribution in [0, 0.1) is 5.92 Å². The van der Waals surface area contributed by atoms with Crippen molar-refractivity contribution in [3.63, 3.8) is 0 Å². The van der Waals surface area contributed by atoms with Gasteiger partial charge in [-0.2, -0.15) is 0 Å². The Morgan fingerprint density at radius 3 is 2.46 bits per heavy atom. The van der Waals surface area contributed by atoms with Gasteiger partial charge >= 0.3 is 0 Å². The first-order valence-electron chi connectivity index (χ1n) is 7.14. The second-order valence-electron chi connectivity index (χ2n) is 5.23. The zero-order chi connectivity index (χ0) is 17.4. The van der Waals surface area contributed by atoms with Crippen LogP contribution in [0.3, 0.4) is 0 Å². The maximum absolute atomic E-state index is 12.2. The number of rotatable bonds is 8. The smallest absolute Gasteiger partial charge is 0.272 e. The van der Waals surface area contributed by atoms with Gasteiger partial charge in [0.15, 0.2) is 0 Å². The van der Waals surface area contributed by atoms with Crippen molar-refractivity contribution in [2.75, 3.05) is 18.5 Å². The third-order valence-corrected chi connectivity index (χ3v) is 2.97. The highest BCUT2D eigenvalue weighted by molar-refractivity contribution is 5.96. The number of alkyl halides is 2. The largest absolute Gasteiger partial charge is 0.485 e. The average Bonchev–Trinajstić information content (AvgIpc) is 2.50. The normalized spacial score (nSPS) is 11.6. The Bertz CT molecular complexity index is 544. The third-order valence-electron chi connectivity index (χ3n) is 2.97. The van der Waals surface area contributed by atoms with E-state index in [1.165, 1.54) is 12.1 Å². The lowest BCUT2D eigenvalue weighted by atomic mass is 10.1. The van der Waals surface area contributed by atoms with Gasteiger partial charge in [0.1, 0.15) is 12.4 Å². The van der Waals surface area contributed by atoms with Crippen molar-refractivity contribution in [3.8, 4) is 5.75 Å². The van der Waals surface area contributed by atoms with Crippen LogP contribution in [-0.2, 0) is 9.59 Å². The molecule has 4 N–H and O–H groups in total. The monoisotopic (exact) mass is 365 g/mol. The molecule has 0 radical (unpaired) electrons. The molecule has 0 aliphatic rings. The van der Waals surface area contributed by atoms with E-state index in [1.54, 1.807) is 26.0 Å². The SMILES string of the molecule is CC(C)[C@H](N)C(=O)NCC(=O)Nc1ccccc1OCC(F)F.Cl. The summed E-state index contributed by atoms with van der Waals surface area (Å²) in [5.74, 6) is -0.868. The van der Waals surface area contributed by atoms with Gasteiger partial charge in [0.05, 0.1) is 18.3 Å². The van der Waals surface area contributed by atoms with Gasteiger partial charge in [0.25, 0.3) is 6.43 Å². The van der Waals surface area contributed by atoms with Crippen LogP contribution in [0.15, 0.2) is 24.3 Å². The van der Waals surface area contributed by atoms with Gasteiger partial charge in [0.2, 0.25) is 11.8 Å². The minimum atomic E-state index is -2.62. The number of hydrogen-bond acceptors (Lipinski definition) is 4. The standard InChI is InChI=1S/C15H21F2N3O3.ClH/c1-9(2)14(18)15(22)19-7-13(21)20-10-5-3-4-6-11(10)23-8-12(16)17;/h3-6,9,12,14H,7-8,18H2,1-2H3,(H,19,22)(H,20,21);1H/t14-;/m0./s1. The highest BCUT2D eigenvalue weighted by Gasteiger charge is 2.18. The maximum atomic E-state index is 12.2. The summed E-state index contributed by atoms with van der Waals surface area (Å²) < 4.78 is 29.3. The summed E-state index contributed by atoms with van der Waals surface area (Å²) in [6, 6.07) is 5.49. The molecular weight excluding hydrogens is 344 g/mol. The molecule has 1 atom stereocenters. The molecule has 2 amide bonds. The van der Waals surface area contributed by atoms with Crippen LogP contribution in [0.4, 0.5) is 14.5 Å². The van der Waals surface area contributed by atoms with Crippen LogP contribution >= 0.6 is 12.4 Å². The molecule has 0 heterocycles. The predicted molar refractivity (Wildman–Crippen MR) is 89.6 cm³/mol. The third kappa shape index (κ3) is 7.56. The summed E-state index contributed by atoms with van der Waals surface area (Å²) in [7, 11) is 0. The van der Waals surface area contributed by atoms with E-state index in [0.29, 0.717) is 0 Å². The average molecular weight is 366 g/mol. The first-order valence-corrected chi connectivity index (χ1v) is 7.14. The summed E-state index contributed by atoms with van der Waals surface area (Å²) >= 11 is 0. The van der Waals surface area contributed by atoms with Crippen molar-refractivity contribution >= 4 is 29.9 Å². The molecule has 1 rings (SSSR count). The fraction of sp³-hybridized carbons (Fsp3) is 0.467. The number of para-hydroxylation sites is 2. The molecule has 0 fully saturated rings. The number of nitrogens with one attached hydrogen (secondary N) is 2. The van der Waals surface area contributed by atoms with Crippen LogP contribution in [0.5, 0.6) is 5.75 Å². The Morgan fingerprint density at radius 1 is 1.25 bits per heavy atom. The van der Waals surface area contributed by atoms with Crippen molar-refractivity contribution in [1.29, 1.82) is 0 Å². The molecule has 9 heteroatoms. The molecule has 0 unspecified atom stereocenters. The fourth-order valence-corrected chi connectivity index (χ4v) is 1.63. The molecule has 6 nitrogen and oxygen atoms in total. The predicted octanol–water partition coefficient (Wildman–Crippen LogP) is 1.79. The number of carbonyl (C=O) groups is 2. The van der Waals surface area contributed by atoms with Crippen LogP contribution in [0.2, 0.25) is 0 Å². The minimum absolute atomic E-state index is 0. The minimum Gasteiger partial charge on any atom is -0.485 e. The molecule has 0 aliphatic heterocycles. The first kappa shape index (κ1) is 22.1. The highest BCUT2D eigenvalue weighted by Crippen LogP contribution is 2.23. The number of anilines is 1. The number of ether oxygens (including phenoxy) is 1. The summed E-state index contributed by atoms with van der Waals surface area (Å²) in [5, 5.41) is 4.91. The molecule has 0 aliphatic carbocycles. The van der Waals surface area contributed by atoms with Gasteiger partial charge in [-0.3, -0.25) is 9.59 Å². The molecule has 0 aromatic heterocycles. The Kier molecular flexibility index (Phi) is 9.91. The fourth-order valence-electron chi connectivity index (χ4n) is 1.63. The van der Waals surface area contributed by atoms with Gasteiger partial charge in [-0.15, -0.1) is 12.4 Å². The second kappa shape index (κ2) is 10.8. The highest BCUT2D eigenvalue weighted by atomic mass is 35.5. The van der Waals surface area contributed by atoms with E-state index in [-0.39, 0.29) is 36.3 Å². The second-order valence-corrected chi connectivity index (χ2v) is 5.23. The van der Waals surface area contributed by atoms with Crippen molar-refractivity contribution in [2.24, 2.45) is 11.7 Å². The lowest BCUT2D eigenvalue weighted by molar-refractivity contribution is -0.125. The summed E-state index contributed by atoms with van der Waals surface area (Å²) in [4.78, 5) is 23.5. The molecule has 1 aromatic carbocycles. The lowest BCUT2D eigenvalue weighted by Gasteiger charge is -2.16. The lowest BCUT2D eigenvalue weighted by Crippen LogP contribution is -2.46. The van der Waals surface area contributed by atoms with E-state index in [1.807, 2.05) is 0 Å². The number of halogens is 3.